The van der Waals surface area contributed by atoms with Crippen molar-refractivity contribution in [3.8, 4) is 0 Å². The highest BCUT2D eigenvalue weighted by Crippen LogP contribution is 2.46. The van der Waals surface area contributed by atoms with Gasteiger partial charge in [0.2, 0.25) is 0 Å². The zero-order valence-electron chi connectivity index (χ0n) is 23.9. The molecule has 0 saturated heterocycles. The average Bonchev–Trinajstić information content (AvgIpc) is 2.85. The third-order valence-corrected chi connectivity index (χ3v) is 8.70. The van der Waals surface area contributed by atoms with Crippen molar-refractivity contribution >= 4 is 7.60 Å². The smallest absolute Gasteiger partial charge is 0.192 e. The molecule has 0 fully saturated rings. The Morgan fingerprint density at radius 1 is 0.838 bits per heavy atom. The van der Waals surface area contributed by atoms with Gasteiger partial charge in [0.25, 0.3) is 0 Å². The van der Waals surface area contributed by atoms with Gasteiger partial charge in [-0.05, 0) is 64.7 Å². The molecule has 220 valence electrons. The molecule has 0 saturated carbocycles. The number of ether oxygens (including phenoxy) is 1. The number of hydrogen-bond acceptors (Lipinski definition) is 7. The van der Waals surface area contributed by atoms with Crippen molar-refractivity contribution in [2.45, 2.75) is 115 Å². The second kappa shape index (κ2) is 22.3. The van der Waals surface area contributed by atoms with Crippen molar-refractivity contribution in [1.82, 2.24) is 0 Å². The summed E-state index contributed by atoms with van der Waals surface area (Å²) in [4.78, 5) is 12.5. The predicted molar refractivity (Wildman–Crippen MR) is 149 cm³/mol. The lowest BCUT2D eigenvalue weighted by Crippen LogP contribution is -2.50. The molecule has 0 aromatic heterocycles. The summed E-state index contributed by atoms with van der Waals surface area (Å²) in [6.45, 7) is 4.19. The first-order valence-electron chi connectivity index (χ1n) is 14.2. The maximum Gasteiger partial charge on any atom is 0.192 e. The van der Waals surface area contributed by atoms with E-state index in [4.69, 9.17) is 19.5 Å². The molecule has 0 heterocycles. The van der Waals surface area contributed by atoms with Crippen LogP contribution in [-0.2, 0) is 13.8 Å². The number of hydrogen-bond donors (Lipinski definition) is 3. The fourth-order valence-electron chi connectivity index (χ4n) is 3.73. The van der Waals surface area contributed by atoms with Crippen molar-refractivity contribution < 1.29 is 38.5 Å². The first-order valence-corrected chi connectivity index (χ1v) is 15.8. The second-order valence-electron chi connectivity index (χ2n) is 10.5. The van der Waals surface area contributed by atoms with Crippen molar-refractivity contribution in [1.29, 1.82) is 0 Å². The molecule has 8 nitrogen and oxygen atoms in total. The summed E-state index contributed by atoms with van der Waals surface area (Å²) in [5, 5.41) is 28.1. The Labute approximate surface area is 226 Å². The van der Waals surface area contributed by atoms with Crippen LogP contribution in [0.3, 0.4) is 0 Å². The number of aliphatic hydroxyl groups excluding tert-OH is 2. The van der Waals surface area contributed by atoms with Crippen LogP contribution < -0.4 is 4.89 Å². The van der Waals surface area contributed by atoms with E-state index < -0.39 is 25.8 Å². The lowest BCUT2D eigenvalue weighted by Gasteiger charge is -2.42. The van der Waals surface area contributed by atoms with Gasteiger partial charge in [-0.3, -0.25) is 0 Å². The van der Waals surface area contributed by atoms with E-state index in [-0.39, 0.29) is 30.7 Å². The summed E-state index contributed by atoms with van der Waals surface area (Å²) in [5.41, 5.74) is 0. The Balaban J connectivity index is 3.76. The molecule has 0 aliphatic rings. The standard InChI is InChI=1S/C28H56NO7P/c1-5-6-7-8-9-10-11-12-13-14-15-16-17-18-19-20-23-35-24-27(30)25-36-37(33,34)26(2)29(3,4)22-21-28(31)32/h10-11,16-17,26-28,30-32H,5-9,12-15,18-25H2,1-4H3/b11-10-,17-16-/t26?,27-/m1/s1. The van der Waals surface area contributed by atoms with Gasteiger partial charge in [-0.1, -0.05) is 50.5 Å². The minimum absolute atomic E-state index is 0.0202. The van der Waals surface area contributed by atoms with Gasteiger partial charge in [-0.25, -0.2) is 0 Å². The second-order valence-corrected chi connectivity index (χ2v) is 12.6. The van der Waals surface area contributed by atoms with Gasteiger partial charge in [0.05, 0.1) is 33.9 Å². The number of aliphatic hydroxyl groups is 3. The SMILES string of the molecule is CCCCCC/C=C\CCCC/C=C\CCCCOC[C@@H](O)COP(=O)([O-])C(C)[N+](C)(C)CCC(O)O. The molecule has 2 unspecified atom stereocenters. The first kappa shape index (κ1) is 36.4. The lowest BCUT2D eigenvalue weighted by molar-refractivity contribution is -0.902. The molecule has 0 spiro atoms. The van der Waals surface area contributed by atoms with Gasteiger partial charge in [0.15, 0.2) is 13.9 Å². The highest BCUT2D eigenvalue weighted by Gasteiger charge is 2.34. The average molecular weight is 550 g/mol. The molecule has 0 bridgehead atoms. The first-order chi connectivity index (χ1) is 17.5. The van der Waals surface area contributed by atoms with E-state index in [9.17, 15) is 14.6 Å². The molecule has 0 radical (unpaired) electrons. The van der Waals surface area contributed by atoms with Crippen molar-refractivity contribution in [3.63, 3.8) is 0 Å². The fraction of sp³-hybridized carbons (Fsp3) is 0.857. The van der Waals surface area contributed by atoms with Gasteiger partial charge in [-0.2, -0.15) is 0 Å². The fourth-order valence-corrected chi connectivity index (χ4v) is 5.21. The van der Waals surface area contributed by atoms with E-state index in [1.165, 1.54) is 58.3 Å². The predicted octanol–water partition coefficient (Wildman–Crippen LogP) is 4.87. The molecule has 0 aromatic carbocycles. The lowest BCUT2D eigenvalue weighted by atomic mass is 10.1. The number of allylic oxidation sites excluding steroid dienone is 4. The number of unbranched alkanes of at least 4 members (excludes halogenated alkanes) is 9. The van der Waals surface area contributed by atoms with Gasteiger partial charge in [-0.15, -0.1) is 0 Å². The number of rotatable bonds is 25. The molecule has 37 heavy (non-hydrogen) atoms. The molecule has 0 aliphatic carbocycles. The van der Waals surface area contributed by atoms with E-state index in [0.29, 0.717) is 6.61 Å². The molecule has 9 heteroatoms. The quantitative estimate of drug-likeness (QED) is 0.0489. The largest absolute Gasteiger partial charge is 0.774 e. The minimum atomic E-state index is -4.26. The van der Waals surface area contributed by atoms with E-state index in [1.807, 2.05) is 0 Å². The molecule has 0 aliphatic heterocycles. The van der Waals surface area contributed by atoms with E-state index in [1.54, 1.807) is 14.1 Å². The Kier molecular flexibility index (Phi) is 21.9. The third kappa shape index (κ3) is 21.0. The molecule has 0 amide bonds. The maximum atomic E-state index is 12.5. The van der Waals surface area contributed by atoms with Crippen LogP contribution in [0.15, 0.2) is 24.3 Å². The molecule has 3 atom stereocenters. The Bertz CT molecular complexity index is 640. The van der Waals surface area contributed by atoms with Crippen LogP contribution in [0.25, 0.3) is 0 Å². The normalized spacial score (nSPS) is 16.1. The topological polar surface area (TPSA) is 119 Å². The van der Waals surface area contributed by atoms with E-state index >= 15 is 0 Å². The van der Waals surface area contributed by atoms with Crippen LogP contribution in [0.5, 0.6) is 0 Å². The van der Waals surface area contributed by atoms with Gasteiger partial charge in [0, 0.05) is 13.0 Å². The van der Waals surface area contributed by atoms with Crippen LogP contribution in [0.2, 0.25) is 0 Å². The zero-order chi connectivity index (χ0) is 28.0. The van der Waals surface area contributed by atoms with E-state index in [2.05, 4.69) is 31.2 Å². The Hall–Kier alpha value is -0.570. The number of nitrogens with zero attached hydrogens (tertiary/aromatic N) is 1. The van der Waals surface area contributed by atoms with Crippen molar-refractivity contribution in [3.05, 3.63) is 24.3 Å². The highest BCUT2D eigenvalue weighted by atomic mass is 31.2. The number of quaternary nitrogens is 1. The minimum Gasteiger partial charge on any atom is -0.774 e. The van der Waals surface area contributed by atoms with Crippen LogP contribution in [0.1, 0.15) is 97.3 Å². The summed E-state index contributed by atoms with van der Waals surface area (Å²) in [7, 11) is -0.893. The summed E-state index contributed by atoms with van der Waals surface area (Å²) in [6, 6.07) is 0. The third-order valence-electron chi connectivity index (χ3n) is 6.65. The van der Waals surface area contributed by atoms with Gasteiger partial charge in [0.1, 0.15) is 11.9 Å². The van der Waals surface area contributed by atoms with E-state index in [0.717, 1.165) is 25.7 Å². The van der Waals surface area contributed by atoms with Crippen LogP contribution in [0, 0.1) is 0 Å². The molecule has 0 aromatic rings. The van der Waals surface area contributed by atoms with Gasteiger partial charge >= 0.3 is 0 Å². The van der Waals surface area contributed by atoms with Gasteiger partial charge < -0.3 is 38.5 Å². The van der Waals surface area contributed by atoms with Crippen LogP contribution >= 0.6 is 7.60 Å². The maximum absolute atomic E-state index is 12.5. The summed E-state index contributed by atoms with van der Waals surface area (Å²) in [5.74, 6) is -0.894. The molecule has 0 rings (SSSR count). The Morgan fingerprint density at radius 2 is 1.35 bits per heavy atom. The molecular weight excluding hydrogens is 493 g/mol. The summed E-state index contributed by atoms with van der Waals surface area (Å²) >= 11 is 0. The monoisotopic (exact) mass is 549 g/mol. The van der Waals surface area contributed by atoms with Crippen molar-refractivity contribution in [2.24, 2.45) is 0 Å². The summed E-state index contributed by atoms with van der Waals surface area (Å²) < 4.78 is 23.0. The van der Waals surface area contributed by atoms with Crippen LogP contribution in [-0.4, -0.2) is 78.4 Å². The highest BCUT2D eigenvalue weighted by molar-refractivity contribution is 7.51. The van der Waals surface area contributed by atoms with Crippen molar-refractivity contribution in [2.75, 3.05) is 40.5 Å². The van der Waals surface area contributed by atoms with Crippen LogP contribution in [0.4, 0.5) is 0 Å². The molecule has 3 N–H and O–H groups in total. The summed E-state index contributed by atoms with van der Waals surface area (Å²) in [6.07, 6.45) is 20.8. The Morgan fingerprint density at radius 3 is 1.86 bits per heavy atom. The zero-order valence-corrected chi connectivity index (χ0v) is 24.8. The molecular formula is C28H56NO7P.